The Morgan fingerprint density at radius 2 is 1.96 bits per heavy atom. The molecule has 10 heteroatoms. The molecule has 0 spiro atoms. The van der Waals surface area contributed by atoms with Crippen molar-refractivity contribution in [3.05, 3.63) is 58.1 Å². The Morgan fingerprint density at radius 3 is 2.65 bits per heavy atom. The van der Waals surface area contributed by atoms with Gasteiger partial charge in [-0.3, -0.25) is 19.7 Å². The second kappa shape index (κ2) is 8.24. The van der Waals surface area contributed by atoms with E-state index in [4.69, 9.17) is 4.74 Å². The molecule has 0 aromatic heterocycles. The third-order valence-corrected chi connectivity index (χ3v) is 3.14. The predicted molar refractivity (Wildman–Crippen MR) is 92.1 cm³/mol. The summed E-state index contributed by atoms with van der Waals surface area (Å²) in [6, 6.07) is 10.1. The number of hydrogen-bond acceptors (Lipinski definition) is 7. The van der Waals surface area contributed by atoms with Gasteiger partial charge in [0.2, 0.25) is 0 Å². The molecule has 134 valence electrons. The summed E-state index contributed by atoms with van der Waals surface area (Å²) in [6.45, 7) is 0. The number of amides is 2. The fourth-order valence-corrected chi connectivity index (χ4v) is 1.91. The van der Waals surface area contributed by atoms with Crippen LogP contribution in [0.3, 0.4) is 0 Å². The first kappa shape index (κ1) is 18.4. The number of phenolic OH excluding ortho intramolecular Hbond substituents is 1. The SMILES string of the molecule is COc1ccccc1NC(=O)C(=O)N/N=C\c1ccc(O)c([N+](=O)[O-])c1. The largest absolute Gasteiger partial charge is 0.502 e. The van der Waals surface area contributed by atoms with E-state index >= 15 is 0 Å². The second-order valence-corrected chi connectivity index (χ2v) is 4.86. The van der Waals surface area contributed by atoms with E-state index in [-0.39, 0.29) is 5.56 Å². The van der Waals surface area contributed by atoms with Crippen LogP contribution in [-0.2, 0) is 9.59 Å². The van der Waals surface area contributed by atoms with Crippen LogP contribution in [0.5, 0.6) is 11.5 Å². The van der Waals surface area contributed by atoms with Crippen LogP contribution in [0.2, 0.25) is 0 Å². The molecule has 0 fully saturated rings. The van der Waals surface area contributed by atoms with Crippen LogP contribution in [0.15, 0.2) is 47.6 Å². The van der Waals surface area contributed by atoms with Crippen LogP contribution >= 0.6 is 0 Å². The van der Waals surface area contributed by atoms with Gasteiger partial charge >= 0.3 is 17.5 Å². The number of nitro benzene ring substituents is 1. The molecule has 0 heterocycles. The number of carbonyl (C=O) groups excluding carboxylic acids is 2. The summed E-state index contributed by atoms with van der Waals surface area (Å²) in [5, 5.41) is 26.0. The summed E-state index contributed by atoms with van der Waals surface area (Å²) >= 11 is 0. The van der Waals surface area contributed by atoms with Crippen LogP contribution in [0.4, 0.5) is 11.4 Å². The fourth-order valence-electron chi connectivity index (χ4n) is 1.91. The predicted octanol–water partition coefficient (Wildman–Crippen LogP) is 1.40. The first-order valence-corrected chi connectivity index (χ1v) is 7.17. The van der Waals surface area contributed by atoms with Gasteiger partial charge in [-0.25, -0.2) is 5.43 Å². The van der Waals surface area contributed by atoms with Gasteiger partial charge in [0.25, 0.3) is 0 Å². The molecule has 0 unspecified atom stereocenters. The van der Waals surface area contributed by atoms with Gasteiger partial charge in [0.05, 0.1) is 23.9 Å². The average Bonchev–Trinajstić information content (AvgIpc) is 2.63. The molecule has 2 rings (SSSR count). The number of hydrogen-bond donors (Lipinski definition) is 3. The van der Waals surface area contributed by atoms with Crippen LogP contribution in [0.1, 0.15) is 5.56 Å². The minimum atomic E-state index is -1.04. The molecular formula is C16H14N4O6. The van der Waals surface area contributed by atoms with E-state index in [0.717, 1.165) is 18.3 Å². The Hall–Kier alpha value is -3.95. The number of nitrogens with zero attached hydrogens (tertiary/aromatic N) is 2. The van der Waals surface area contributed by atoms with E-state index in [9.17, 15) is 24.8 Å². The molecule has 0 aliphatic heterocycles. The maximum Gasteiger partial charge on any atom is 0.329 e. The number of carbonyl (C=O) groups is 2. The van der Waals surface area contributed by atoms with Crippen molar-refractivity contribution in [2.45, 2.75) is 0 Å². The van der Waals surface area contributed by atoms with E-state index in [1.54, 1.807) is 24.3 Å². The number of phenols is 1. The molecule has 0 saturated carbocycles. The lowest BCUT2D eigenvalue weighted by atomic mass is 10.2. The van der Waals surface area contributed by atoms with Crippen LogP contribution in [0.25, 0.3) is 0 Å². The van der Waals surface area contributed by atoms with Gasteiger partial charge in [0.15, 0.2) is 5.75 Å². The smallest absolute Gasteiger partial charge is 0.329 e. The molecule has 2 aromatic rings. The number of ether oxygens (including phenoxy) is 1. The molecule has 26 heavy (non-hydrogen) atoms. The summed E-state index contributed by atoms with van der Waals surface area (Å²) in [4.78, 5) is 33.6. The van der Waals surface area contributed by atoms with Gasteiger partial charge < -0.3 is 15.2 Å². The highest BCUT2D eigenvalue weighted by atomic mass is 16.6. The second-order valence-electron chi connectivity index (χ2n) is 4.86. The van der Waals surface area contributed by atoms with Crippen molar-refractivity contribution in [2.75, 3.05) is 12.4 Å². The lowest BCUT2D eigenvalue weighted by Gasteiger charge is -2.08. The average molecular weight is 358 g/mol. The number of rotatable bonds is 5. The van der Waals surface area contributed by atoms with Gasteiger partial charge in [0.1, 0.15) is 5.75 Å². The van der Waals surface area contributed by atoms with Gasteiger partial charge in [-0.05, 0) is 24.3 Å². The van der Waals surface area contributed by atoms with Crippen molar-refractivity contribution < 1.29 is 24.4 Å². The maximum atomic E-state index is 11.8. The third-order valence-electron chi connectivity index (χ3n) is 3.14. The van der Waals surface area contributed by atoms with E-state index in [1.807, 2.05) is 5.43 Å². The molecule has 0 atom stereocenters. The Labute approximate surface area is 147 Å². The number of benzene rings is 2. The minimum Gasteiger partial charge on any atom is -0.502 e. The normalized spacial score (nSPS) is 10.3. The van der Waals surface area contributed by atoms with Crippen molar-refractivity contribution >= 4 is 29.4 Å². The number of aromatic hydroxyl groups is 1. The zero-order valence-electron chi connectivity index (χ0n) is 13.5. The van der Waals surface area contributed by atoms with Crippen molar-refractivity contribution in [1.29, 1.82) is 0 Å². The summed E-state index contributed by atoms with van der Waals surface area (Å²) in [5.74, 6) is -2.12. The zero-order chi connectivity index (χ0) is 19.1. The topological polar surface area (TPSA) is 143 Å². The van der Waals surface area contributed by atoms with E-state index in [0.29, 0.717) is 11.4 Å². The maximum absolute atomic E-state index is 11.8. The standard InChI is InChI=1S/C16H14N4O6/c1-26-14-5-3-2-4-11(14)18-15(22)16(23)19-17-9-10-6-7-13(21)12(8-10)20(24)25/h2-9,21H,1H3,(H,18,22)(H,19,23)/b17-9-. The monoisotopic (exact) mass is 358 g/mol. The number of nitrogens with one attached hydrogen (secondary N) is 2. The quantitative estimate of drug-likeness (QED) is 0.319. The first-order valence-electron chi connectivity index (χ1n) is 7.17. The molecule has 2 amide bonds. The van der Waals surface area contributed by atoms with E-state index in [2.05, 4.69) is 10.4 Å². The lowest BCUT2D eigenvalue weighted by Crippen LogP contribution is -2.32. The van der Waals surface area contributed by atoms with Crippen LogP contribution in [0, 0.1) is 10.1 Å². The van der Waals surface area contributed by atoms with Crippen molar-refractivity contribution in [3.63, 3.8) is 0 Å². The molecular weight excluding hydrogens is 344 g/mol. The number of para-hydroxylation sites is 2. The Balaban J connectivity index is 1.99. The van der Waals surface area contributed by atoms with E-state index in [1.165, 1.54) is 13.2 Å². The van der Waals surface area contributed by atoms with E-state index < -0.39 is 28.2 Å². The van der Waals surface area contributed by atoms with Crippen LogP contribution < -0.4 is 15.5 Å². The molecule has 0 bridgehead atoms. The summed E-state index contributed by atoms with van der Waals surface area (Å²) in [6.07, 6.45) is 1.10. The molecule has 2 aromatic carbocycles. The van der Waals surface area contributed by atoms with Gasteiger partial charge in [-0.15, -0.1) is 0 Å². The zero-order valence-corrected chi connectivity index (χ0v) is 13.5. The van der Waals surface area contributed by atoms with Gasteiger partial charge in [-0.2, -0.15) is 5.10 Å². The van der Waals surface area contributed by atoms with Crippen molar-refractivity contribution in [2.24, 2.45) is 5.10 Å². The van der Waals surface area contributed by atoms with Gasteiger partial charge in [0, 0.05) is 11.6 Å². The Morgan fingerprint density at radius 1 is 1.23 bits per heavy atom. The number of methoxy groups -OCH3 is 1. The summed E-state index contributed by atoms with van der Waals surface area (Å²) in [5.41, 5.74) is 2.06. The number of nitro groups is 1. The third kappa shape index (κ3) is 4.54. The highest BCUT2D eigenvalue weighted by molar-refractivity contribution is 6.39. The highest BCUT2D eigenvalue weighted by Gasteiger charge is 2.15. The summed E-state index contributed by atoms with van der Waals surface area (Å²) < 4.78 is 5.05. The molecule has 10 nitrogen and oxygen atoms in total. The molecule has 3 N–H and O–H groups in total. The molecule has 0 radical (unpaired) electrons. The molecule has 0 aliphatic rings. The Kier molecular flexibility index (Phi) is 5.83. The molecule has 0 aliphatic carbocycles. The molecule has 0 saturated heterocycles. The van der Waals surface area contributed by atoms with Crippen molar-refractivity contribution in [3.8, 4) is 11.5 Å². The summed E-state index contributed by atoms with van der Waals surface area (Å²) in [7, 11) is 1.42. The minimum absolute atomic E-state index is 0.250. The van der Waals surface area contributed by atoms with Crippen LogP contribution in [-0.4, -0.2) is 35.2 Å². The van der Waals surface area contributed by atoms with Crippen molar-refractivity contribution in [1.82, 2.24) is 5.43 Å². The number of anilines is 1. The Bertz CT molecular complexity index is 881. The number of hydrazone groups is 1. The first-order chi connectivity index (χ1) is 12.4. The fraction of sp³-hybridized carbons (Fsp3) is 0.0625. The highest BCUT2D eigenvalue weighted by Crippen LogP contribution is 2.25. The van der Waals surface area contributed by atoms with Gasteiger partial charge in [-0.1, -0.05) is 12.1 Å². The lowest BCUT2D eigenvalue weighted by molar-refractivity contribution is -0.385.